The van der Waals surface area contributed by atoms with Crippen molar-refractivity contribution in [1.29, 1.82) is 0 Å². The second-order valence-corrected chi connectivity index (χ2v) is 2.54. The fraction of sp³-hybridized carbons (Fsp3) is 0.833. The minimum Gasteiger partial charge on any atom is -0.479 e. The van der Waals surface area contributed by atoms with Crippen molar-refractivity contribution in [3.05, 3.63) is 0 Å². The first kappa shape index (κ1) is 8.45. The van der Waals surface area contributed by atoms with Crippen LogP contribution in [0, 0.1) is 0 Å². The minimum absolute atomic E-state index is 0.136. The normalized spacial score (nSPS) is 37.5. The highest BCUT2D eigenvalue weighted by molar-refractivity contribution is 5.72. The Labute approximate surface area is 63.8 Å². The molecule has 4 N–H and O–H groups in total. The summed E-state index contributed by atoms with van der Waals surface area (Å²) in [5.41, 5.74) is 5.21. The van der Waals surface area contributed by atoms with Crippen molar-refractivity contribution >= 4 is 5.97 Å². The van der Waals surface area contributed by atoms with Crippen LogP contribution in [-0.2, 0) is 9.53 Å². The highest BCUT2D eigenvalue weighted by atomic mass is 16.5. The summed E-state index contributed by atoms with van der Waals surface area (Å²) in [4.78, 5) is 10.3. The Morgan fingerprint density at radius 2 is 2.36 bits per heavy atom. The van der Waals surface area contributed by atoms with Crippen LogP contribution in [-0.4, -0.2) is 41.0 Å². The molecule has 0 unspecified atom stereocenters. The molecule has 1 heterocycles. The van der Waals surface area contributed by atoms with E-state index in [4.69, 9.17) is 20.7 Å². The van der Waals surface area contributed by atoms with E-state index in [0.29, 0.717) is 0 Å². The Balaban J connectivity index is 2.49. The van der Waals surface area contributed by atoms with Crippen molar-refractivity contribution in [3.8, 4) is 0 Å². The van der Waals surface area contributed by atoms with E-state index in [1.54, 1.807) is 0 Å². The lowest BCUT2D eigenvalue weighted by molar-refractivity contribution is -0.149. The van der Waals surface area contributed by atoms with Gasteiger partial charge in [-0.3, -0.25) is 0 Å². The van der Waals surface area contributed by atoms with Crippen LogP contribution in [0.15, 0.2) is 0 Å². The summed E-state index contributed by atoms with van der Waals surface area (Å²) in [6.07, 6.45) is -2.01. The monoisotopic (exact) mass is 161 g/mol. The van der Waals surface area contributed by atoms with Crippen molar-refractivity contribution in [3.63, 3.8) is 0 Å². The number of rotatable bonds is 2. The molecule has 0 amide bonds. The molecule has 0 spiro atoms. The van der Waals surface area contributed by atoms with Gasteiger partial charge in [-0.1, -0.05) is 0 Å². The zero-order valence-electron chi connectivity index (χ0n) is 5.93. The summed E-state index contributed by atoms with van der Waals surface area (Å²) in [7, 11) is 0. The highest BCUT2D eigenvalue weighted by Crippen LogP contribution is 2.19. The summed E-state index contributed by atoms with van der Waals surface area (Å²) in [5, 5.41) is 17.6. The molecule has 0 radical (unpaired) electrons. The maximum atomic E-state index is 10.3. The molecule has 0 aromatic carbocycles. The minimum atomic E-state index is -1.04. The number of aliphatic carboxylic acids is 1. The smallest absolute Gasteiger partial charge is 0.332 e. The highest BCUT2D eigenvalue weighted by Gasteiger charge is 2.36. The summed E-state index contributed by atoms with van der Waals surface area (Å²) in [6.45, 7) is 0.158. The number of hydrogen-bond donors (Lipinski definition) is 3. The van der Waals surface area contributed by atoms with Crippen molar-refractivity contribution < 1.29 is 19.7 Å². The fourth-order valence-electron chi connectivity index (χ4n) is 1.10. The van der Waals surface area contributed by atoms with Gasteiger partial charge in [0.25, 0.3) is 0 Å². The molecule has 3 atom stereocenters. The molecule has 5 nitrogen and oxygen atoms in total. The molecule has 1 aliphatic rings. The predicted octanol–water partition coefficient (Wildman–Crippen LogP) is -1.45. The molecule has 11 heavy (non-hydrogen) atoms. The van der Waals surface area contributed by atoms with Gasteiger partial charge in [-0.2, -0.15) is 0 Å². The predicted molar refractivity (Wildman–Crippen MR) is 36.0 cm³/mol. The second kappa shape index (κ2) is 3.17. The zero-order chi connectivity index (χ0) is 8.43. The van der Waals surface area contributed by atoms with Gasteiger partial charge in [0.2, 0.25) is 0 Å². The van der Waals surface area contributed by atoms with Crippen LogP contribution in [0.2, 0.25) is 0 Å². The molecule has 1 rings (SSSR count). The average Bonchev–Trinajstić information content (AvgIpc) is 2.31. The van der Waals surface area contributed by atoms with E-state index >= 15 is 0 Å². The van der Waals surface area contributed by atoms with Gasteiger partial charge < -0.3 is 20.7 Å². The van der Waals surface area contributed by atoms with E-state index in [0.717, 1.165) is 0 Å². The van der Waals surface area contributed by atoms with E-state index in [1.807, 2.05) is 0 Å². The van der Waals surface area contributed by atoms with E-state index in [9.17, 15) is 4.79 Å². The standard InChI is InChI=1S/C6H11NO4/c7-2-5-3(8)1-4(11-5)6(9)10/h3-5,8H,1-2,7H2,(H,9,10)/t3-,4+,5+/m1/s1. The quantitative estimate of drug-likeness (QED) is 0.460. The SMILES string of the molecule is NC[C@@H]1O[C@H](C(=O)O)C[C@H]1O. The van der Waals surface area contributed by atoms with Crippen molar-refractivity contribution in [2.45, 2.75) is 24.7 Å². The number of ether oxygens (including phenoxy) is 1. The van der Waals surface area contributed by atoms with Gasteiger partial charge in [-0.15, -0.1) is 0 Å². The number of aliphatic hydroxyl groups excluding tert-OH is 1. The van der Waals surface area contributed by atoms with Crippen LogP contribution in [0.3, 0.4) is 0 Å². The lowest BCUT2D eigenvalue weighted by Crippen LogP contribution is -2.30. The number of hydrogen-bond acceptors (Lipinski definition) is 4. The van der Waals surface area contributed by atoms with Gasteiger partial charge in [-0.05, 0) is 0 Å². The lowest BCUT2D eigenvalue weighted by atomic mass is 10.1. The summed E-state index contributed by atoms with van der Waals surface area (Å²) in [5.74, 6) is -1.04. The van der Waals surface area contributed by atoms with Gasteiger partial charge in [0.05, 0.1) is 12.2 Å². The Kier molecular flexibility index (Phi) is 2.43. The van der Waals surface area contributed by atoms with Gasteiger partial charge in [0.1, 0.15) is 0 Å². The first-order valence-corrected chi connectivity index (χ1v) is 3.41. The molecular formula is C6H11NO4. The van der Waals surface area contributed by atoms with Crippen LogP contribution in [0.4, 0.5) is 0 Å². The second-order valence-electron chi connectivity index (χ2n) is 2.54. The maximum Gasteiger partial charge on any atom is 0.332 e. The maximum absolute atomic E-state index is 10.3. The largest absolute Gasteiger partial charge is 0.479 e. The van der Waals surface area contributed by atoms with E-state index in [1.165, 1.54) is 0 Å². The van der Waals surface area contributed by atoms with E-state index in [-0.39, 0.29) is 13.0 Å². The van der Waals surface area contributed by atoms with Gasteiger partial charge in [0, 0.05) is 13.0 Å². The average molecular weight is 161 g/mol. The number of aliphatic hydroxyl groups is 1. The molecule has 0 bridgehead atoms. The number of carbonyl (C=O) groups is 1. The van der Waals surface area contributed by atoms with E-state index in [2.05, 4.69) is 0 Å². The number of carboxylic acids is 1. The molecule has 1 saturated heterocycles. The fourth-order valence-corrected chi connectivity index (χ4v) is 1.10. The van der Waals surface area contributed by atoms with Crippen molar-refractivity contribution in [2.24, 2.45) is 5.73 Å². The van der Waals surface area contributed by atoms with Gasteiger partial charge in [0.15, 0.2) is 6.10 Å². The van der Waals surface area contributed by atoms with Gasteiger partial charge in [-0.25, -0.2) is 4.79 Å². The lowest BCUT2D eigenvalue weighted by Gasteiger charge is -2.09. The summed E-state index contributed by atoms with van der Waals surface area (Å²) < 4.78 is 4.91. The first-order valence-electron chi connectivity index (χ1n) is 3.41. The Morgan fingerprint density at radius 1 is 1.73 bits per heavy atom. The molecule has 1 fully saturated rings. The molecule has 1 aliphatic heterocycles. The number of carboxylic acid groups (broad SMARTS) is 1. The molecule has 64 valence electrons. The Hall–Kier alpha value is -0.650. The van der Waals surface area contributed by atoms with Crippen molar-refractivity contribution in [2.75, 3.05) is 6.54 Å². The van der Waals surface area contributed by atoms with Crippen molar-refractivity contribution in [1.82, 2.24) is 0 Å². The summed E-state index contributed by atoms with van der Waals surface area (Å²) >= 11 is 0. The number of nitrogens with two attached hydrogens (primary N) is 1. The third kappa shape index (κ3) is 1.68. The zero-order valence-corrected chi connectivity index (χ0v) is 5.93. The Bertz CT molecular complexity index is 161. The molecule has 0 aromatic rings. The van der Waals surface area contributed by atoms with Crippen LogP contribution in [0.1, 0.15) is 6.42 Å². The first-order chi connectivity index (χ1) is 5.15. The molecular weight excluding hydrogens is 150 g/mol. The third-order valence-corrected chi connectivity index (χ3v) is 1.73. The molecule has 0 aliphatic carbocycles. The third-order valence-electron chi connectivity index (χ3n) is 1.73. The van der Waals surface area contributed by atoms with E-state index < -0.39 is 24.3 Å². The van der Waals surface area contributed by atoms with Crippen LogP contribution >= 0.6 is 0 Å². The van der Waals surface area contributed by atoms with Crippen LogP contribution < -0.4 is 5.73 Å². The molecule has 0 aromatic heterocycles. The molecule has 0 saturated carbocycles. The summed E-state index contributed by atoms with van der Waals surface area (Å²) in [6, 6.07) is 0. The molecule has 5 heteroatoms. The van der Waals surface area contributed by atoms with Crippen LogP contribution in [0.25, 0.3) is 0 Å². The van der Waals surface area contributed by atoms with Gasteiger partial charge >= 0.3 is 5.97 Å². The van der Waals surface area contributed by atoms with Crippen LogP contribution in [0.5, 0.6) is 0 Å². The topological polar surface area (TPSA) is 92.8 Å². The Morgan fingerprint density at radius 3 is 2.64 bits per heavy atom.